The van der Waals surface area contributed by atoms with Gasteiger partial charge in [0.25, 0.3) is 5.91 Å². The third-order valence-electron chi connectivity index (χ3n) is 4.23. The summed E-state index contributed by atoms with van der Waals surface area (Å²) >= 11 is 0. The molecular weight excluding hydrogens is 418 g/mol. The summed E-state index contributed by atoms with van der Waals surface area (Å²) < 4.78 is 31.2. The summed E-state index contributed by atoms with van der Waals surface area (Å²) in [5.41, 5.74) is 0. The van der Waals surface area contributed by atoms with Crippen molar-refractivity contribution in [2.24, 2.45) is 0 Å². The van der Waals surface area contributed by atoms with Crippen LogP contribution in [0.2, 0.25) is 0 Å². The normalized spacial score (nSPS) is 26.2. The van der Waals surface area contributed by atoms with Crippen molar-refractivity contribution in [2.75, 3.05) is 13.7 Å². The van der Waals surface area contributed by atoms with Crippen LogP contribution in [0.5, 0.6) is 0 Å². The van der Waals surface area contributed by atoms with Crippen molar-refractivity contribution >= 4 is 29.8 Å². The standard InChI is InChI=1S/C19H29NO11/c1-9-15(20-18(25)14(29-11(3)22)7-8-27-10(2)21)16(30-12(4)23)17(31-13(5)24)19(26-6)28-9/h9,14-17,19H,7-8H2,1-6H3,(H,20,25)/t9-,14+,15-,16+,17+,19+/m1/s1. The third kappa shape index (κ3) is 8.50. The Hall–Kier alpha value is -2.73. The number of ether oxygens (including phenoxy) is 6. The molecule has 12 heteroatoms. The predicted octanol–water partition coefficient (Wildman–Crippen LogP) is -0.389. The third-order valence-corrected chi connectivity index (χ3v) is 4.23. The maximum Gasteiger partial charge on any atom is 0.303 e. The van der Waals surface area contributed by atoms with Crippen molar-refractivity contribution in [3.63, 3.8) is 0 Å². The van der Waals surface area contributed by atoms with Crippen molar-refractivity contribution in [2.45, 2.75) is 77.8 Å². The number of amides is 1. The summed E-state index contributed by atoms with van der Waals surface area (Å²) in [7, 11) is 1.32. The molecule has 1 amide bonds. The number of nitrogens with one attached hydrogen (secondary N) is 1. The van der Waals surface area contributed by atoms with Gasteiger partial charge in [0.2, 0.25) is 0 Å². The largest absolute Gasteiger partial charge is 0.466 e. The van der Waals surface area contributed by atoms with E-state index in [1.165, 1.54) is 14.0 Å². The van der Waals surface area contributed by atoms with E-state index in [1.54, 1.807) is 6.92 Å². The summed E-state index contributed by atoms with van der Waals surface area (Å²) in [4.78, 5) is 58.4. The van der Waals surface area contributed by atoms with Gasteiger partial charge >= 0.3 is 23.9 Å². The molecule has 0 aromatic rings. The van der Waals surface area contributed by atoms with Crippen molar-refractivity contribution in [3.05, 3.63) is 0 Å². The second-order valence-corrected chi connectivity index (χ2v) is 6.85. The van der Waals surface area contributed by atoms with Crippen LogP contribution in [-0.2, 0) is 52.4 Å². The molecule has 0 spiro atoms. The zero-order valence-corrected chi connectivity index (χ0v) is 18.4. The van der Waals surface area contributed by atoms with Gasteiger partial charge in [-0.25, -0.2) is 0 Å². The van der Waals surface area contributed by atoms with Crippen LogP contribution >= 0.6 is 0 Å². The topological polar surface area (TPSA) is 153 Å². The van der Waals surface area contributed by atoms with E-state index in [9.17, 15) is 24.0 Å². The summed E-state index contributed by atoms with van der Waals surface area (Å²) in [6, 6.07) is -0.973. The van der Waals surface area contributed by atoms with Gasteiger partial charge in [-0.3, -0.25) is 24.0 Å². The average molecular weight is 447 g/mol. The van der Waals surface area contributed by atoms with Crippen molar-refractivity contribution in [1.29, 1.82) is 0 Å². The van der Waals surface area contributed by atoms with Crippen LogP contribution < -0.4 is 5.32 Å². The van der Waals surface area contributed by atoms with Gasteiger partial charge in [-0.15, -0.1) is 0 Å². The molecule has 1 N–H and O–H groups in total. The highest BCUT2D eigenvalue weighted by molar-refractivity contribution is 5.83. The summed E-state index contributed by atoms with van der Waals surface area (Å²) in [5, 5.41) is 2.61. The minimum atomic E-state index is -1.28. The summed E-state index contributed by atoms with van der Waals surface area (Å²) in [6.45, 7) is 6.08. The zero-order valence-electron chi connectivity index (χ0n) is 18.4. The van der Waals surface area contributed by atoms with Crippen molar-refractivity contribution in [1.82, 2.24) is 5.32 Å². The quantitative estimate of drug-likeness (QED) is 0.363. The molecule has 1 saturated heterocycles. The van der Waals surface area contributed by atoms with E-state index in [1.807, 2.05) is 0 Å². The fraction of sp³-hybridized carbons (Fsp3) is 0.737. The van der Waals surface area contributed by atoms with Gasteiger partial charge in [-0.1, -0.05) is 0 Å². The molecule has 0 aromatic carbocycles. The SMILES string of the molecule is CO[C@H]1O[C@H](C)[C@@H](NC(=O)[C@H](CCOC(C)=O)OC(C)=O)[C@H](OC(C)=O)[C@@H]1OC(C)=O. The Labute approximate surface area is 179 Å². The molecule has 0 saturated carbocycles. The number of rotatable bonds is 9. The first-order valence-electron chi connectivity index (χ1n) is 9.59. The first-order valence-corrected chi connectivity index (χ1v) is 9.59. The fourth-order valence-electron chi connectivity index (χ4n) is 3.05. The lowest BCUT2D eigenvalue weighted by atomic mass is 9.96. The average Bonchev–Trinajstić information content (AvgIpc) is 2.64. The number of carbonyl (C=O) groups is 5. The van der Waals surface area contributed by atoms with E-state index in [0.717, 1.165) is 20.8 Å². The lowest BCUT2D eigenvalue weighted by molar-refractivity contribution is -0.272. The van der Waals surface area contributed by atoms with Crippen LogP contribution in [0, 0.1) is 0 Å². The molecule has 12 nitrogen and oxygen atoms in total. The Morgan fingerprint density at radius 1 is 0.903 bits per heavy atom. The summed E-state index contributed by atoms with van der Waals surface area (Å²) in [5.74, 6) is -3.37. The van der Waals surface area contributed by atoms with Crippen LogP contribution in [0.3, 0.4) is 0 Å². The summed E-state index contributed by atoms with van der Waals surface area (Å²) in [6.07, 6.45) is -5.48. The second-order valence-electron chi connectivity index (χ2n) is 6.85. The molecule has 0 bridgehead atoms. The van der Waals surface area contributed by atoms with Gasteiger partial charge in [0.15, 0.2) is 24.6 Å². The van der Waals surface area contributed by atoms with Crippen LogP contribution in [0.25, 0.3) is 0 Å². The monoisotopic (exact) mass is 447 g/mol. The van der Waals surface area contributed by atoms with Crippen molar-refractivity contribution < 1.29 is 52.4 Å². The Morgan fingerprint density at radius 3 is 1.97 bits per heavy atom. The molecule has 0 unspecified atom stereocenters. The highest BCUT2D eigenvalue weighted by atomic mass is 16.7. The maximum absolute atomic E-state index is 12.8. The van der Waals surface area contributed by atoms with Crippen LogP contribution in [0.4, 0.5) is 0 Å². The molecule has 0 radical (unpaired) electrons. The molecule has 176 valence electrons. The number of carbonyl (C=O) groups excluding carboxylic acids is 5. The number of hydrogen-bond acceptors (Lipinski definition) is 11. The molecule has 1 fully saturated rings. The number of hydrogen-bond donors (Lipinski definition) is 1. The molecule has 1 aliphatic rings. The minimum Gasteiger partial charge on any atom is -0.466 e. The first kappa shape index (κ1) is 26.3. The lowest BCUT2D eigenvalue weighted by Crippen LogP contribution is -2.66. The molecule has 6 atom stereocenters. The smallest absolute Gasteiger partial charge is 0.303 e. The Balaban J connectivity index is 3.09. The highest BCUT2D eigenvalue weighted by Gasteiger charge is 2.49. The minimum absolute atomic E-state index is 0.0980. The lowest BCUT2D eigenvalue weighted by Gasteiger charge is -2.44. The molecule has 0 aromatic heterocycles. The molecule has 1 heterocycles. The molecule has 1 rings (SSSR count). The van der Waals surface area contributed by atoms with Gasteiger partial charge in [0.05, 0.1) is 18.8 Å². The van der Waals surface area contributed by atoms with Gasteiger partial charge in [-0.05, 0) is 6.92 Å². The van der Waals surface area contributed by atoms with E-state index in [-0.39, 0.29) is 13.0 Å². The predicted molar refractivity (Wildman–Crippen MR) is 101 cm³/mol. The van der Waals surface area contributed by atoms with E-state index < -0.39 is 66.5 Å². The van der Waals surface area contributed by atoms with E-state index in [0.29, 0.717) is 0 Å². The van der Waals surface area contributed by atoms with Crippen LogP contribution in [0.1, 0.15) is 41.0 Å². The van der Waals surface area contributed by atoms with Crippen LogP contribution in [-0.4, -0.2) is 80.2 Å². The van der Waals surface area contributed by atoms with E-state index >= 15 is 0 Å². The van der Waals surface area contributed by atoms with Gasteiger partial charge in [-0.2, -0.15) is 0 Å². The van der Waals surface area contributed by atoms with E-state index in [4.69, 9.17) is 28.4 Å². The first-order chi connectivity index (χ1) is 14.5. The van der Waals surface area contributed by atoms with Crippen LogP contribution in [0.15, 0.2) is 0 Å². The Bertz CT molecular complexity index is 680. The van der Waals surface area contributed by atoms with Gasteiger partial charge < -0.3 is 33.7 Å². The zero-order chi connectivity index (χ0) is 23.7. The van der Waals surface area contributed by atoms with Gasteiger partial charge in [0.1, 0.15) is 0 Å². The molecule has 1 aliphatic heterocycles. The molecule has 31 heavy (non-hydrogen) atoms. The molecule has 0 aliphatic carbocycles. The van der Waals surface area contributed by atoms with Gasteiger partial charge in [0, 0.05) is 41.2 Å². The second kappa shape index (κ2) is 12.2. The molecular formula is C19H29NO11. The number of methoxy groups -OCH3 is 1. The Kier molecular flexibility index (Phi) is 10.4. The van der Waals surface area contributed by atoms with Crippen molar-refractivity contribution in [3.8, 4) is 0 Å². The highest BCUT2D eigenvalue weighted by Crippen LogP contribution is 2.27. The van der Waals surface area contributed by atoms with E-state index in [2.05, 4.69) is 5.32 Å². The fourth-order valence-corrected chi connectivity index (χ4v) is 3.05. The Morgan fingerprint density at radius 2 is 1.48 bits per heavy atom. The maximum atomic E-state index is 12.8. The number of esters is 4.